The molecule has 0 radical (unpaired) electrons. The summed E-state index contributed by atoms with van der Waals surface area (Å²) in [6.45, 7) is 5.52. The van der Waals surface area contributed by atoms with Crippen molar-refractivity contribution in [2.24, 2.45) is 0 Å². The van der Waals surface area contributed by atoms with Gasteiger partial charge in [-0.15, -0.1) is 0 Å². The Morgan fingerprint density at radius 3 is 3.00 bits per heavy atom. The van der Waals surface area contributed by atoms with E-state index in [0.29, 0.717) is 19.0 Å². The first-order chi connectivity index (χ1) is 6.25. The van der Waals surface area contributed by atoms with Crippen LogP contribution in [-0.4, -0.2) is 23.2 Å². The Labute approximate surface area is 78.0 Å². The number of aliphatic hydroxyl groups is 1. The summed E-state index contributed by atoms with van der Waals surface area (Å²) in [5, 5.41) is 11.6. The van der Waals surface area contributed by atoms with Crippen LogP contribution >= 0.6 is 0 Å². The van der Waals surface area contributed by atoms with Crippen LogP contribution in [0.2, 0.25) is 0 Å². The molecule has 2 N–H and O–H groups in total. The molecule has 1 rings (SSSR count). The Morgan fingerprint density at radius 2 is 2.38 bits per heavy atom. The highest BCUT2D eigenvalue weighted by Gasteiger charge is 2.10. The van der Waals surface area contributed by atoms with Crippen molar-refractivity contribution < 1.29 is 9.52 Å². The van der Waals surface area contributed by atoms with Crippen LogP contribution < -0.4 is 5.32 Å². The van der Waals surface area contributed by atoms with Crippen LogP contribution in [0.15, 0.2) is 10.8 Å². The van der Waals surface area contributed by atoms with E-state index in [-0.39, 0.29) is 6.61 Å². The van der Waals surface area contributed by atoms with Crippen LogP contribution in [0.25, 0.3) is 0 Å². The second-order valence-electron chi connectivity index (χ2n) is 3.22. The van der Waals surface area contributed by atoms with Gasteiger partial charge in [-0.2, -0.15) is 0 Å². The van der Waals surface area contributed by atoms with Crippen LogP contribution in [0.3, 0.4) is 0 Å². The van der Waals surface area contributed by atoms with E-state index in [9.17, 15) is 0 Å². The summed E-state index contributed by atoms with van der Waals surface area (Å²) in [5.74, 6) is 1.28. The van der Waals surface area contributed by atoms with Crippen LogP contribution in [-0.2, 0) is 6.54 Å². The molecule has 4 nitrogen and oxygen atoms in total. The number of aliphatic hydroxyl groups excluding tert-OH is 1. The van der Waals surface area contributed by atoms with Crippen molar-refractivity contribution in [3.8, 4) is 0 Å². The van der Waals surface area contributed by atoms with Gasteiger partial charge in [-0.1, -0.05) is 13.8 Å². The van der Waals surface area contributed by atoms with Gasteiger partial charge >= 0.3 is 0 Å². The smallest absolute Gasteiger partial charge is 0.181 e. The van der Waals surface area contributed by atoms with E-state index in [1.807, 2.05) is 0 Å². The lowest BCUT2D eigenvalue weighted by molar-refractivity contribution is 0.291. The summed E-state index contributed by atoms with van der Waals surface area (Å²) >= 11 is 0. The summed E-state index contributed by atoms with van der Waals surface area (Å²) in [6.07, 6.45) is 1.46. The Kier molecular flexibility index (Phi) is 3.92. The molecule has 74 valence electrons. The van der Waals surface area contributed by atoms with Crippen molar-refractivity contribution >= 4 is 0 Å². The largest absolute Gasteiger partial charge is 0.448 e. The molecule has 0 aliphatic heterocycles. The van der Waals surface area contributed by atoms with Crippen molar-refractivity contribution in [2.75, 3.05) is 13.2 Å². The van der Waals surface area contributed by atoms with E-state index in [0.717, 1.165) is 11.5 Å². The molecular weight excluding hydrogens is 168 g/mol. The molecule has 0 aliphatic rings. The Morgan fingerprint density at radius 1 is 1.62 bits per heavy atom. The Balaban J connectivity index is 2.50. The number of rotatable bonds is 5. The average Bonchev–Trinajstić information content (AvgIpc) is 2.53. The van der Waals surface area contributed by atoms with E-state index in [1.165, 1.54) is 6.39 Å². The summed E-state index contributed by atoms with van der Waals surface area (Å²) in [7, 11) is 0. The van der Waals surface area contributed by atoms with E-state index in [2.05, 4.69) is 24.1 Å². The third-order valence-electron chi connectivity index (χ3n) is 1.78. The first-order valence-electron chi connectivity index (χ1n) is 4.49. The fourth-order valence-corrected chi connectivity index (χ4v) is 1.17. The molecule has 0 atom stereocenters. The summed E-state index contributed by atoms with van der Waals surface area (Å²) < 4.78 is 5.24. The fourth-order valence-electron chi connectivity index (χ4n) is 1.17. The van der Waals surface area contributed by atoms with Gasteiger partial charge in [0, 0.05) is 19.0 Å². The third-order valence-corrected chi connectivity index (χ3v) is 1.78. The average molecular weight is 184 g/mol. The number of hydrogen-bond donors (Lipinski definition) is 2. The van der Waals surface area contributed by atoms with Crippen molar-refractivity contribution in [3.63, 3.8) is 0 Å². The second kappa shape index (κ2) is 4.99. The maximum absolute atomic E-state index is 8.57. The van der Waals surface area contributed by atoms with Crippen LogP contribution in [0, 0.1) is 0 Å². The monoisotopic (exact) mass is 184 g/mol. The van der Waals surface area contributed by atoms with Crippen molar-refractivity contribution in [3.05, 3.63) is 17.8 Å². The molecule has 0 unspecified atom stereocenters. The summed E-state index contributed by atoms with van der Waals surface area (Å²) in [6, 6.07) is 0. The molecule has 0 bridgehead atoms. The van der Waals surface area contributed by atoms with E-state index < -0.39 is 0 Å². The Bertz CT molecular complexity index is 246. The number of nitrogens with one attached hydrogen (secondary N) is 1. The normalized spacial score (nSPS) is 11.1. The molecule has 0 spiro atoms. The molecule has 0 aromatic carbocycles. The SMILES string of the molecule is CC(C)c1ocnc1CNCCO. The third kappa shape index (κ3) is 2.82. The van der Waals surface area contributed by atoms with Gasteiger partial charge in [0.2, 0.25) is 0 Å². The van der Waals surface area contributed by atoms with Gasteiger partial charge in [0.15, 0.2) is 6.39 Å². The van der Waals surface area contributed by atoms with E-state index in [4.69, 9.17) is 9.52 Å². The van der Waals surface area contributed by atoms with E-state index >= 15 is 0 Å². The molecule has 1 heterocycles. The van der Waals surface area contributed by atoms with E-state index in [1.54, 1.807) is 0 Å². The summed E-state index contributed by atoms with van der Waals surface area (Å²) in [4.78, 5) is 4.10. The molecule has 1 aromatic heterocycles. The van der Waals surface area contributed by atoms with Gasteiger partial charge in [-0.05, 0) is 0 Å². The minimum Gasteiger partial charge on any atom is -0.448 e. The maximum Gasteiger partial charge on any atom is 0.181 e. The molecule has 0 fully saturated rings. The molecule has 0 saturated heterocycles. The van der Waals surface area contributed by atoms with Crippen molar-refractivity contribution in [2.45, 2.75) is 26.3 Å². The molecule has 13 heavy (non-hydrogen) atoms. The first kappa shape index (κ1) is 10.2. The lowest BCUT2D eigenvalue weighted by Crippen LogP contribution is -2.18. The fraction of sp³-hybridized carbons (Fsp3) is 0.667. The lowest BCUT2D eigenvalue weighted by Gasteiger charge is -2.04. The van der Waals surface area contributed by atoms with Crippen LogP contribution in [0.5, 0.6) is 0 Å². The second-order valence-corrected chi connectivity index (χ2v) is 3.22. The minimum absolute atomic E-state index is 0.148. The number of hydrogen-bond acceptors (Lipinski definition) is 4. The molecule has 0 aliphatic carbocycles. The summed E-state index contributed by atoms with van der Waals surface area (Å²) in [5.41, 5.74) is 0.934. The first-order valence-corrected chi connectivity index (χ1v) is 4.49. The van der Waals surface area contributed by atoms with Gasteiger partial charge < -0.3 is 14.8 Å². The number of oxazole rings is 1. The number of nitrogens with zero attached hydrogens (tertiary/aromatic N) is 1. The van der Waals surface area contributed by atoms with Gasteiger partial charge in [0.1, 0.15) is 5.76 Å². The van der Waals surface area contributed by atoms with Gasteiger partial charge in [0.25, 0.3) is 0 Å². The zero-order chi connectivity index (χ0) is 9.68. The topological polar surface area (TPSA) is 58.3 Å². The maximum atomic E-state index is 8.57. The molecule has 0 saturated carbocycles. The molecule has 0 amide bonds. The van der Waals surface area contributed by atoms with Crippen molar-refractivity contribution in [1.29, 1.82) is 0 Å². The quantitative estimate of drug-likeness (QED) is 0.667. The standard InChI is InChI=1S/C9H16N2O2/c1-7(2)9-8(11-6-13-9)5-10-3-4-12/h6-7,10,12H,3-5H2,1-2H3. The lowest BCUT2D eigenvalue weighted by atomic mass is 10.1. The highest BCUT2D eigenvalue weighted by molar-refractivity contribution is 5.10. The minimum atomic E-state index is 0.148. The highest BCUT2D eigenvalue weighted by atomic mass is 16.3. The molecule has 1 aromatic rings. The predicted molar refractivity (Wildman–Crippen MR) is 49.4 cm³/mol. The number of aromatic nitrogens is 1. The van der Waals surface area contributed by atoms with Crippen LogP contribution in [0.1, 0.15) is 31.2 Å². The zero-order valence-electron chi connectivity index (χ0n) is 8.08. The van der Waals surface area contributed by atoms with Gasteiger partial charge in [0.05, 0.1) is 12.3 Å². The van der Waals surface area contributed by atoms with Crippen molar-refractivity contribution in [1.82, 2.24) is 10.3 Å². The highest BCUT2D eigenvalue weighted by Crippen LogP contribution is 2.17. The zero-order valence-corrected chi connectivity index (χ0v) is 8.08. The van der Waals surface area contributed by atoms with Gasteiger partial charge in [-0.3, -0.25) is 0 Å². The van der Waals surface area contributed by atoms with Crippen LogP contribution in [0.4, 0.5) is 0 Å². The van der Waals surface area contributed by atoms with Gasteiger partial charge in [-0.25, -0.2) is 4.98 Å². The molecular formula is C9H16N2O2. The Hall–Kier alpha value is -0.870. The predicted octanol–water partition coefficient (Wildman–Crippen LogP) is 0.880. The molecule has 4 heteroatoms.